The Balaban J connectivity index is 1.60. The lowest BCUT2D eigenvalue weighted by Crippen LogP contribution is -2.36. The molecule has 0 radical (unpaired) electrons. The Bertz CT molecular complexity index is 988. The number of carbonyl (C=O) groups excluding carboxylic acids is 2. The molecule has 3 aromatic carbocycles. The molecule has 0 saturated heterocycles. The van der Waals surface area contributed by atoms with Crippen LogP contribution in [0.25, 0.3) is 0 Å². The zero-order valence-corrected chi connectivity index (χ0v) is 16.9. The Morgan fingerprint density at radius 3 is 2.27 bits per heavy atom. The first-order valence-corrected chi connectivity index (χ1v) is 9.59. The molecule has 0 aromatic heterocycles. The smallest absolute Gasteiger partial charge is 0.261 e. The molecular weight excluding hydrogens is 380 g/mol. The van der Waals surface area contributed by atoms with Crippen molar-refractivity contribution in [3.63, 3.8) is 0 Å². The van der Waals surface area contributed by atoms with Gasteiger partial charge in [0.1, 0.15) is 11.5 Å². The minimum Gasteiger partial charge on any atom is -0.497 e. The molecular formula is C24H24N2O4. The Morgan fingerprint density at radius 2 is 1.57 bits per heavy atom. The summed E-state index contributed by atoms with van der Waals surface area (Å²) in [6.45, 7) is 2.02. The van der Waals surface area contributed by atoms with Crippen molar-refractivity contribution in [2.75, 3.05) is 12.4 Å². The number of benzene rings is 3. The van der Waals surface area contributed by atoms with Crippen molar-refractivity contribution < 1.29 is 19.1 Å². The molecule has 0 aliphatic carbocycles. The van der Waals surface area contributed by atoms with E-state index < -0.39 is 6.10 Å². The summed E-state index contributed by atoms with van der Waals surface area (Å²) in [7, 11) is 1.60. The highest BCUT2D eigenvalue weighted by molar-refractivity contribution is 6.06. The van der Waals surface area contributed by atoms with Crippen molar-refractivity contribution in [1.29, 1.82) is 0 Å². The second-order valence-electron chi connectivity index (χ2n) is 6.64. The van der Waals surface area contributed by atoms with Gasteiger partial charge in [0.05, 0.1) is 12.7 Å². The lowest BCUT2D eigenvalue weighted by Gasteiger charge is -2.17. The van der Waals surface area contributed by atoms with E-state index in [4.69, 9.17) is 9.47 Å². The van der Waals surface area contributed by atoms with Gasteiger partial charge in [0, 0.05) is 12.2 Å². The third-order valence-corrected chi connectivity index (χ3v) is 4.46. The van der Waals surface area contributed by atoms with Gasteiger partial charge in [-0.25, -0.2) is 0 Å². The van der Waals surface area contributed by atoms with Gasteiger partial charge in [0.15, 0.2) is 6.10 Å². The zero-order chi connectivity index (χ0) is 21.3. The number of amides is 2. The van der Waals surface area contributed by atoms with Gasteiger partial charge >= 0.3 is 0 Å². The molecule has 0 aliphatic heterocycles. The third-order valence-electron chi connectivity index (χ3n) is 4.46. The fourth-order valence-corrected chi connectivity index (χ4v) is 2.80. The highest BCUT2D eigenvalue weighted by Gasteiger charge is 2.19. The second-order valence-corrected chi connectivity index (χ2v) is 6.64. The maximum Gasteiger partial charge on any atom is 0.261 e. The van der Waals surface area contributed by atoms with E-state index in [1.807, 2.05) is 42.5 Å². The van der Waals surface area contributed by atoms with Crippen molar-refractivity contribution in [2.24, 2.45) is 0 Å². The number of para-hydroxylation sites is 2. The largest absolute Gasteiger partial charge is 0.497 e. The minimum absolute atomic E-state index is 0.274. The van der Waals surface area contributed by atoms with Crippen molar-refractivity contribution in [2.45, 2.75) is 19.6 Å². The van der Waals surface area contributed by atoms with Gasteiger partial charge in [0.2, 0.25) is 0 Å². The molecule has 0 saturated carbocycles. The number of hydrogen-bond donors (Lipinski definition) is 2. The average Bonchev–Trinajstić information content (AvgIpc) is 2.78. The normalized spacial score (nSPS) is 11.3. The second kappa shape index (κ2) is 10.1. The summed E-state index contributed by atoms with van der Waals surface area (Å²) >= 11 is 0. The number of anilines is 1. The van der Waals surface area contributed by atoms with Gasteiger partial charge in [-0.3, -0.25) is 9.59 Å². The fourth-order valence-electron chi connectivity index (χ4n) is 2.80. The number of carbonyl (C=O) groups is 2. The first kappa shape index (κ1) is 20.9. The summed E-state index contributed by atoms with van der Waals surface area (Å²) in [5, 5.41) is 5.67. The van der Waals surface area contributed by atoms with Crippen LogP contribution in [-0.2, 0) is 11.3 Å². The molecule has 2 amide bonds. The van der Waals surface area contributed by atoms with E-state index >= 15 is 0 Å². The number of ether oxygens (including phenoxy) is 2. The van der Waals surface area contributed by atoms with Crippen LogP contribution in [0.1, 0.15) is 22.8 Å². The van der Waals surface area contributed by atoms with E-state index in [0.717, 1.165) is 11.3 Å². The van der Waals surface area contributed by atoms with Crippen LogP contribution in [0.5, 0.6) is 11.5 Å². The maximum absolute atomic E-state index is 12.6. The highest BCUT2D eigenvalue weighted by Crippen LogP contribution is 2.21. The topological polar surface area (TPSA) is 76.7 Å². The van der Waals surface area contributed by atoms with E-state index in [2.05, 4.69) is 10.6 Å². The van der Waals surface area contributed by atoms with Gasteiger partial charge in [-0.05, 0) is 48.9 Å². The summed E-state index contributed by atoms with van der Waals surface area (Å²) in [6, 6.07) is 23.4. The molecule has 0 spiro atoms. The van der Waals surface area contributed by atoms with Crippen molar-refractivity contribution >= 4 is 17.5 Å². The van der Waals surface area contributed by atoms with E-state index in [-0.39, 0.29) is 11.8 Å². The molecule has 0 fully saturated rings. The van der Waals surface area contributed by atoms with Gasteiger partial charge in [-0.15, -0.1) is 0 Å². The predicted octanol–water partition coefficient (Wildman–Crippen LogP) is 4.03. The molecule has 154 valence electrons. The monoisotopic (exact) mass is 404 g/mol. The summed E-state index contributed by atoms with van der Waals surface area (Å²) in [5.41, 5.74) is 1.98. The number of hydrogen-bond acceptors (Lipinski definition) is 4. The molecule has 1 atom stereocenters. The Kier molecular flexibility index (Phi) is 7.05. The van der Waals surface area contributed by atoms with Crippen LogP contribution in [0, 0.1) is 0 Å². The lowest BCUT2D eigenvalue weighted by atomic mass is 10.1. The van der Waals surface area contributed by atoms with E-state index in [9.17, 15) is 9.59 Å². The molecule has 2 N–H and O–H groups in total. The first-order chi connectivity index (χ1) is 14.6. The molecule has 0 heterocycles. The third kappa shape index (κ3) is 5.61. The van der Waals surface area contributed by atoms with Crippen LogP contribution in [-0.4, -0.2) is 25.0 Å². The summed E-state index contributed by atoms with van der Waals surface area (Å²) < 4.78 is 10.9. The van der Waals surface area contributed by atoms with Crippen LogP contribution in [0.4, 0.5) is 5.69 Å². The van der Waals surface area contributed by atoms with E-state index in [1.54, 1.807) is 50.4 Å². The SMILES string of the molecule is COc1ccc(CNC(=O)[C@H](C)Oc2ccccc2C(=O)Nc2ccccc2)cc1. The lowest BCUT2D eigenvalue weighted by molar-refractivity contribution is -0.127. The summed E-state index contributed by atoms with van der Waals surface area (Å²) in [4.78, 5) is 25.1. The molecule has 3 aromatic rings. The zero-order valence-electron chi connectivity index (χ0n) is 16.9. The predicted molar refractivity (Wildman–Crippen MR) is 116 cm³/mol. The fraction of sp³-hybridized carbons (Fsp3) is 0.167. The van der Waals surface area contributed by atoms with Gasteiger partial charge < -0.3 is 20.1 Å². The first-order valence-electron chi connectivity index (χ1n) is 9.59. The summed E-state index contributed by atoms with van der Waals surface area (Å²) in [5.74, 6) is 0.525. The standard InChI is InChI=1S/C24H24N2O4/c1-17(23(27)25-16-18-12-14-20(29-2)15-13-18)30-22-11-7-6-10-21(22)24(28)26-19-8-4-3-5-9-19/h3-15,17H,16H2,1-2H3,(H,25,27)(H,26,28)/t17-/m0/s1. The molecule has 6 heteroatoms. The van der Waals surface area contributed by atoms with Crippen molar-refractivity contribution in [3.05, 3.63) is 90.0 Å². The quantitative estimate of drug-likeness (QED) is 0.594. The van der Waals surface area contributed by atoms with E-state index in [0.29, 0.717) is 23.5 Å². The van der Waals surface area contributed by atoms with Crippen molar-refractivity contribution in [3.8, 4) is 11.5 Å². The molecule has 0 unspecified atom stereocenters. The molecule has 30 heavy (non-hydrogen) atoms. The van der Waals surface area contributed by atoms with Crippen LogP contribution in [0.3, 0.4) is 0 Å². The molecule has 3 rings (SSSR count). The molecule has 6 nitrogen and oxygen atoms in total. The van der Waals surface area contributed by atoms with Gasteiger partial charge in [-0.1, -0.05) is 42.5 Å². The molecule has 0 bridgehead atoms. The van der Waals surface area contributed by atoms with Gasteiger partial charge in [0.25, 0.3) is 11.8 Å². The Morgan fingerprint density at radius 1 is 0.900 bits per heavy atom. The molecule has 0 aliphatic rings. The Hall–Kier alpha value is -3.80. The highest BCUT2D eigenvalue weighted by atomic mass is 16.5. The maximum atomic E-state index is 12.6. The number of methoxy groups -OCH3 is 1. The average molecular weight is 404 g/mol. The van der Waals surface area contributed by atoms with E-state index in [1.165, 1.54) is 0 Å². The van der Waals surface area contributed by atoms with Crippen LogP contribution in [0.2, 0.25) is 0 Å². The van der Waals surface area contributed by atoms with Crippen LogP contribution in [0.15, 0.2) is 78.9 Å². The van der Waals surface area contributed by atoms with Crippen LogP contribution < -0.4 is 20.1 Å². The summed E-state index contributed by atoms with van der Waals surface area (Å²) in [6.07, 6.45) is -0.770. The van der Waals surface area contributed by atoms with Crippen LogP contribution >= 0.6 is 0 Å². The number of rotatable bonds is 8. The van der Waals surface area contributed by atoms with Crippen molar-refractivity contribution in [1.82, 2.24) is 5.32 Å². The Labute approximate surface area is 175 Å². The minimum atomic E-state index is -0.770. The van der Waals surface area contributed by atoms with Gasteiger partial charge in [-0.2, -0.15) is 0 Å². The number of nitrogens with one attached hydrogen (secondary N) is 2.